The molecule has 0 fully saturated rings. The number of aromatic hydroxyl groups is 1. The lowest BCUT2D eigenvalue weighted by Gasteiger charge is -2.11. The summed E-state index contributed by atoms with van der Waals surface area (Å²) < 4.78 is 0. The molecular weight excluding hydrogens is 324 g/mol. The zero-order valence-electron chi connectivity index (χ0n) is 16.0. The smallest absolute Gasteiger partial charge is 0.339 e. The summed E-state index contributed by atoms with van der Waals surface area (Å²) in [6.07, 6.45) is 13.3. The van der Waals surface area contributed by atoms with E-state index in [1.807, 2.05) is 24.3 Å². The van der Waals surface area contributed by atoms with Crippen LogP contribution in [0.15, 0.2) is 30.3 Å². The summed E-state index contributed by atoms with van der Waals surface area (Å²) >= 11 is 0. The Bertz CT molecular complexity index is 706. The van der Waals surface area contributed by atoms with E-state index in [9.17, 15) is 15.0 Å². The molecule has 142 valence electrons. The SMILES string of the molecule is CCCCCCCCCCCCc1cc2ccccc2c(O)c1C(=O)O. The fraction of sp³-hybridized carbons (Fsp3) is 0.522. The number of benzene rings is 2. The second-order valence-corrected chi connectivity index (χ2v) is 7.22. The number of phenols is 1. The maximum absolute atomic E-state index is 11.6. The van der Waals surface area contributed by atoms with Gasteiger partial charge in [0.05, 0.1) is 0 Å². The molecule has 0 saturated heterocycles. The Morgan fingerprint density at radius 3 is 2.08 bits per heavy atom. The number of carboxylic acid groups (broad SMARTS) is 1. The van der Waals surface area contributed by atoms with Crippen LogP contribution >= 0.6 is 0 Å². The van der Waals surface area contributed by atoms with Gasteiger partial charge >= 0.3 is 5.97 Å². The highest BCUT2D eigenvalue weighted by molar-refractivity contribution is 6.01. The van der Waals surface area contributed by atoms with Crippen molar-refractivity contribution in [2.45, 2.75) is 77.6 Å². The van der Waals surface area contributed by atoms with E-state index in [2.05, 4.69) is 6.92 Å². The molecule has 0 aromatic heterocycles. The van der Waals surface area contributed by atoms with Crippen LogP contribution < -0.4 is 0 Å². The number of aryl methyl sites for hydroxylation is 1. The third kappa shape index (κ3) is 5.76. The molecule has 0 heterocycles. The molecule has 0 aliphatic heterocycles. The molecule has 0 spiro atoms. The number of unbranched alkanes of at least 4 members (excludes halogenated alkanes) is 9. The summed E-state index contributed by atoms with van der Waals surface area (Å²) in [6, 6.07) is 9.33. The predicted molar refractivity (Wildman–Crippen MR) is 108 cm³/mol. The number of carbonyl (C=O) groups is 1. The van der Waals surface area contributed by atoms with Crippen LogP contribution in [-0.4, -0.2) is 16.2 Å². The van der Waals surface area contributed by atoms with Gasteiger partial charge in [0.1, 0.15) is 11.3 Å². The van der Waals surface area contributed by atoms with Gasteiger partial charge in [-0.15, -0.1) is 0 Å². The molecule has 2 rings (SSSR count). The van der Waals surface area contributed by atoms with Crippen molar-refractivity contribution in [3.05, 3.63) is 41.5 Å². The molecule has 0 unspecified atom stereocenters. The lowest BCUT2D eigenvalue weighted by Crippen LogP contribution is -2.04. The van der Waals surface area contributed by atoms with Crippen LogP contribution in [0, 0.1) is 0 Å². The summed E-state index contributed by atoms with van der Waals surface area (Å²) in [7, 11) is 0. The minimum atomic E-state index is -1.05. The number of hydrogen-bond acceptors (Lipinski definition) is 2. The van der Waals surface area contributed by atoms with Gasteiger partial charge in [0.15, 0.2) is 0 Å². The highest BCUT2D eigenvalue weighted by Gasteiger charge is 2.18. The molecule has 0 bridgehead atoms. The number of carboxylic acids is 1. The average Bonchev–Trinajstić information content (AvgIpc) is 2.63. The average molecular weight is 357 g/mol. The number of fused-ring (bicyclic) bond motifs is 1. The Morgan fingerprint density at radius 2 is 1.46 bits per heavy atom. The quantitative estimate of drug-likeness (QED) is 0.416. The van der Waals surface area contributed by atoms with Gasteiger partial charge in [-0.1, -0.05) is 95.0 Å². The van der Waals surface area contributed by atoms with Crippen molar-refractivity contribution in [3.8, 4) is 5.75 Å². The molecule has 0 aliphatic carbocycles. The van der Waals surface area contributed by atoms with Crippen LogP contribution in [0.3, 0.4) is 0 Å². The van der Waals surface area contributed by atoms with Gasteiger partial charge < -0.3 is 10.2 Å². The van der Waals surface area contributed by atoms with E-state index in [-0.39, 0.29) is 11.3 Å². The van der Waals surface area contributed by atoms with Gasteiger partial charge in [-0.05, 0) is 23.8 Å². The largest absolute Gasteiger partial charge is 0.506 e. The molecule has 2 aromatic rings. The first-order valence-corrected chi connectivity index (χ1v) is 10.1. The Hall–Kier alpha value is -2.03. The van der Waals surface area contributed by atoms with Crippen molar-refractivity contribution in [2.75, 3.05) is 0 Å². The third-order valence-electron chi connectivity index (χ3n) is 5.12. The summed E-state index contributed by atoms with van der Waals surface area (Å²) in [6.45, 7) is 2.24. The first-order valence-electron chi connectivity index (χ1n) is 10.1. The van der Waals surface area contributed by atoms with E-state index in [1.54, 1.807) is 6.07 Å². The van der Waals surface area contributed by atoms with Crippen LogP contribution in [-0.2, 0) is 6.42 Å². The van der Waals surface area contributed by atoms with Crippen molar-refractivity contribution in [1.29, 1.82) is 0 Å². The van der Waals surface area contributed by atoms with E-state index in [0.29, 0.717) is 11.8 Å². The lowest BCUT2D eigenvalue weighted by atomic mass is 9.95. The van der Waals surface area contributed by atoms with Crippen molar-refractivity contribution in [1.82, 2.24) is 0 Å². The van der Waals surface area contributed by atoms with Gasteiger partial charge in [0, 0.05) is 5.39 Å². The standard InChI is InChI=1S/C23H32O3/c1-2-3-4-5-6-7-8-9-10-11-15-19-17-18-14-12-13-16-20(18)22(24)21(19)23(25)26/h12-14,16-17,24H,2-11,15H2,1H3,(H,25,26). The summed E-state index contributed by atoms with van der Waals surface area (Å²) in [5.74, 6) is -1.15. The van der Waals surface area contributed by atoms with Gasteiger partial charge in [0.2, 0.25) is 0 Å². The monoisotopic (exact) mass is 356 g/mol. The van der Waals surface area contributed by atoms with E-state index >= 15 is 0 Å². The number of rotatable bonds is 12. The second-order valence-electron chi connectivity index (χ2n) is 7.22. The van der Waals surface area contributed by atoms with Crippen LogP contribution in [0.4, 0.5) is 0 Å². The third-order valence-corrected chi connectivity index (χ3v) is 5.12. The normalized spacial score (nSPS) is 11.1. The predicted octanol–water partition coefficient (Wildman–Crippen LogP) is 6.71. The first kappa shape index (κ1) is 20.3. The molecular formula is C23H32O3. The van der Waals surface area contributed by atoms with E-state index in [4.69, 9.17) is 0 Å². The molecule has 26 heavy (non-hydrogen) atoms. The van der Waals surface area contributed by atoms with Crippen molar-refractivity contribution in [2.24, 2.45) is 0 Å². The van der Waals surface area contributed by atoms with Crippen LogP contribution in [0.25, 0.3) is 10.8 Å². The molecule has 2 aromatic carbocycles. The molecule has 0 radical (unpaired) electrons. The molecule has 3 heteroatoms. The maximum Gasteiger partial charge on any atom is 0.339 e. The number of hydrogen-bond donors (Lipinski definition) is 2. The van der Waals surface area contributed by atoms with Crippen molar-refractivity contribution in [3.63, 3.8) is 0 Å². The molecule has 0 aliphatic rings. The van der Waals surface area contributed by atoms with Crippen molar-refractivity contribution >= 4 is 16.7 Å². The molecule has 2 N–H and O–H groups in total. The van der Waals surface area contributed by atoms with Gasteiger partial charge in [-0.3, -0.25) is 0 Å². The van der Waals surface area contributed by atoms with Crippen LogP contribution in [0.2, 0.25) is 0 Å². The van der Waals surface area contributed by atoms with Crippen LogP contribution in [0.5, 0.6) is 5.75 Å². The minimum Gasteiger partial charge on any atom is -0.506 e. The Labute approximate surface area is 157 Å². The van der Waals surface area contributed by atoms with E-state index in [1.165, 1.54) is 51.4 Å². The Morgan fingerprint density at radius 1 is 0.885 bits per heavy atom. The maximum atomic E-state index is 11.6. The molecule has 0 saturated carbocycles. The van der Waals surface area contributed by atoms with E-state index < -0.39 is 5.97 Å². The summed E-state index contributed by atoms with van der Waals surface area (Å²) in [5.41, 5.74) is 0.813. The Balaban J connectivity index is 1.83. The highest BCUT2D eigenvalue weighted by atomic mass is 16.4. The van der Waals surface area contributed by atoms with E-state index in [0.717, 1.165) is 23.8 Å². The fourth-order valence-corrected chi connectivity index (χ4v) is 3.62. The first-order chi connectivity index (χ1) is 12.6. The lowest BCUT2D eigenvalue weighted by molar-refractivity contribution is 0.0692. The molecule has 0 amide bonds. The van der Waals surface area contributed by atoms with Gasteiger partial charge in [-0.2, -0.15) is 0 Å². The summed E-state index contributed by atoms with van der Waals surface area (Å²) in [4.78, 5) is 11.6. The fourth-order valence-electron chi connectivity index (χ4n) is 3.62. The minimum absolute atomic E-state index is 0.0691. The van der Waals surface area contributed by atoms with Gasteiger partial charge in [0.25, 0.3) is 0 Å². The number of aromatic carboxylic acids is 1. The summed E-state index contributed by atoms with van der Waals surface area (Å²) in [5, 5.41) is 21.4. The Kier molecular flexibility index (Phi) is 8.46. The zero-order valence-corrected chi connectivity index (χ0v) is 16.0. The van der Waals surface area contributed by atoms with Crippen LogP contribution in [0.1, 0.15) is 87.1 Å². The topological polar surface area (TPSA) is 57.5 Å². The molecule has 3 nitrogen and oxygen atoms in total. The van der Waals surface area contributed by atoms with Crippen molar-refractivity contribution < 1.29 is 15.0 Å². The molecule has 0 atom stereocenters. The zero-order chi connectivity index (χ0) is 18.8. The highest BCUT2D eigenvalue weighted by Crippen LogP contribution is 2.32. The second kappa shape index (κ2) is 10.8. The van der Waals surface area contributed by atoms with Gasteiger partial charge in [-0.25, -0.2) is 4.79 Å².